The van der Waals surface area contributed by atoms with E-state index in [4.69, 9.17) is 10.00 Å². The van der Waals surface area contributed by atoms with Gasteiger partial charge in [-0.1, -0.05) is 22.9 Å². The Kier molecular flexibility index (Phi) is 5.60. The molecule has 0 aliphatic carbocycles. The van der Waals surface area contributed by atoms with Crippen molar-refractivity contribution >= 4 is 21.7 Å². The van der Waals surface area contributed by atoms with Crippen molar-refractivity contribution in [2.24, 2.45) is 0 Å². The van der Waals surface area contributed by atoms with Gasteiger partial charge in [0.2, 0.25) is 5.78 Å². The number of ether oxygens (including phenoxy) is 1. The molecule has 0 aromatic heterocycles. The van der Waals surface area contributed by atoms with Gasteiger partial charge in [-0.25, -0.2) is 0 Å². The third-order valence-electron chi connectivity index (χ3n) is 2.36. The molecule has 18 heavy (non-hydrogen) atoms. The number of hydrogen-bond donors (Lipinski definition) is 0. The summed E-state index contributed by atoms with van der Waals surface area (Å²) >= 11 is 3.30. The van der Waals surface area contributed by atoms with E-state index >= 15 is 0 Å². The third kappa shape index (κ3) is 3.44. The highest BCUT2D eigenvalue weighted by atomic mass is 79.9. The molecular weight excluding hydrogens is 294 g/mol. The predicted molar refractivity (Wildman–Crippen MR) is 73.0 cm³/mol. The van der Waals surface area contributed by atoms with E-state index in [0.717, 1.165) is 4.47 Å². The molecule has 1 aromatic rings. The first-order valence-electron chi connectivity index (χ1n) is 5.70. The van der Waals surface area contributed by atoms with Crippen LogP contribution in [0.3, 0.4) is 0 Å². The second-order valence-corrected chi connectivity index (χ2v) is 4.45. The average molecular weight is 308 g/mol. The number of Topliss-reactive ketones (excluding diaryl/α,β-unsaturated/α-hetero) is 1. The lowest BCUT2D eigenvalue weighted by atomic mass is 10.0. The molecule has 0 spiro atoms. The van der Waals surface area contributed by atoms with E-state index in [0.29, 0.717) is 24.4 Å². The lowest BCUT2D eigenvalue weighted by Crippen LogP contribution is -2.07. The fourth-order valence-electron chi connectivity index (χ4n) is 1.51. The molecule has 0 amide bonds. The van der Waals surface area contributed by atoms with Crippen LogP contribution >= 0.6 is 15.9 Å². The molecule has 0 saturated heterocycles. The van der Waals surface area contributed by atoms with Crippen molar-refractivity contribution in [1.29, 1.82) is 5.26 Å². The average Bonchev–Trinajstić information content (AvgIpc) is 2.39. The van der Waals surface area contributed by atoms with Crippen molar-refractivity contribution in [3.63, 3.8) is 0 Å². The van der Waals surface area contributed by atoms with Gasteiger partial charge in [-0.2, -0.15) is 5.26 Å². The van der Waals surface area contributed by atoms with E-state index < -0.39 is 0 Å². The summed E-state index contributed by atoms with van der Waals surface area (Å²) in [5, 5.41) is 9.12. The predicted octanol–water partition coefficient (Wildman–Crippen LogP) is 3.86. The molecule has 0 unspecified atom stereocenters. The SMILES string of the molecule is CCO/C(CC)=C(\C#N)C(=O)c1ccc(Br)cc1. The normalized spacial score (nSPS) is 11.4. The Bertz CT molecular complexity index is 498. The second kappa shape index (κ2) is 6.97. The number of ketones is 1. The van der Waals surface area contributed by atoms with Gasteiger partial charge in [-0.05, 0) is 31.2 Å². The smallest absolute Gasteiger partial charge is 0.206 e. The third-order valence-corrected chi connectivity index (χ3v) is 2.89. The monoisotopic (exact) mass is 307 g/mol. The van der Waals surface area contributed by atoms with Crippen LogP contribution in [0.5, 0.6) is 0 Å². The van der Waals surface area contributed by atoms with Gasteiger partial charge in [0, 0.05) is 16.5 Å². The first-order valence-corrected chi connectivity index (χ1v) is 6.49. The quantitative estimate of drug-likeness (QED) is 0.359. The largest absolute Gasteiger partial charge is 0.497 e. The van der Waals surface area contributed by atoms with Crippen molar-refractivity contribution in [2.75, 3.05) is 6.61 Å². The Labute approximate surface area is 115 Å². The zero-order chi connectivity index (χ0) is 13.5. The Morgan fingerprint density at radius 2 is 1.94 bits per heavy atom. The molecule has 0 bridgehead atoms. The fraction of sp³-hybridized carbons (Fsp3) is 0.286. The highest BCUT2D eigenvalue weighted by Gasteiger charge is 2.17. The number of nitrogens with zero attached hydrogens (tertiary/aromatic N) is 1. The molecule has 4 heteroatoms. The van der Waals surface area contributed by atoms with E-state index in [1.165, 1.54) is 0 Å². The van der Waals surface area contributed by atoms with Crippen LogP contribution in [0, 0.1) is 11.3 Å². The summed E-state index contributed by atoms with van der Waals surface area (Å²) in [6.45, 7) is 4.13. The molecule has 0 radical (unpaired) electrons. The molecular formula is C14H14BrNO2. The summed E-state index contributed by atoms with van der Waals surface area (Å²) in [7, 11) is 0. The van der Waals surface area contributed by atoms with Crippen LogP contribution in [0.4, 0.5) is 0 Å². The van der Waals surface area contributed by atoms with Crippen LogP contribution in [0.25, 0.3) is 0 Å². The van der Waals surface area contributed by atoms with Crippen molar-refractivity contribution in [3.8, 4) is 6.07 Å². The van der Waals surface area contributed by atoms with Crippen LogP contribution in [-0.2, 0) is 4.74 Å². The molecule has 1 rings (SSSR count). The molecule has 1 aromatic carbocycles. The summed E-state index contributed by atoms with van der Waals surface area (Å²) in [5.41, 5.74) is 0.571. The number of rotatable bonds is 5. The number of halogens is 1. The van der Waals surface area contributed by atoms with E-state index in [2.05, 4.69) is 15.9 Å². The minimum absolute atomic E-state index is 0.0849. The lowest BCUT2D eigenvalue weighted by molar-refractivity contribution is 0.102. The number of benzene rings is 1. The Hall–Kier alpha value is -1.60. The summed E-state index contributed by atoms with van der Waals surface area (Å²) in [6.07, 6.45) is 0.527. The van der Waals surface area contributed by atoms with E-state index in [1.54, 1.807) is 24.3 Å². The summed E-state index contributed by atoms with van der Waals surface area (Å²) < 4.78 is 6.23. The molecule has 94 valence electrons. The second-order valence-electron chi connectivity index (χ2n) is 3.53. The molecule has 0 fully saturated rings. The topological polar surface area (TPSA) is 50.1 Å². The highest BCUT2D eigenvalue weighted by molar-refractivity contribution is 9.10. The molecule has 0 atom stereocenters. The Morgan fingerprint density at radius 1 is 1.33 bits per heavy atom. The van der Waals surface area contributed by atoms with Gasteiger partial charge >= 0.3 is 0 Å². The van der Waals surface area contributed by atoms with Gasteiger partial charge in [0.05, 0.1) is 6.61 Å². The zero-order valence-electron chi connectivity index (χ0n) is 10.4. The van der Waals surface area contributed by atoms with Crippen molar-refractivity contribution < 1.29 is 9.53 Å². The Balaban J connectivity index is 3.13. The maximum absolute atomic E-state index is 12.2. The first kappa shape index (κ1) is 14.5. The maximum atomic E-state index is 12.2. The van der Waals surface area contributed by atoms with Crippen LogP contribution < -0.4 is 0 Å². The maximum Gasteiger partial charge on any atom is 0.206 e. The van der Waals surface area contributed by atoms with Gasteiger partial charge in [0.25, 0.3) is 0 Å². The number of carbonyl (C=O) groups is 1. The fourth-order valence-corrected chi connectivity index (χ4v) is 1.77. The summed E-state index contributed by atoms with van der Waals surface area (Å²) in [6, 6.07) is 8.86. The first-order chi connectivity index (χ1) is 8.63. The molecule has 0 aliphatic heterocycles. The highest BCUT2D eigenvalue weighted by Crippen LogP contribution is 2.18. The van der Waals surface area contributed by atoms with Crippen molar-refractivity contribution in [3.05, 3.63) is 45.6 Å². The molecule has 3 nitrogen and oxygen atoms in total. The molecule has 0 heterocycles. The van der Waals surface area contributed by atoms with Gasteiger partial charge < -0.3 is 4.74 Å². The van der Waals surface area contributed by atoms with Gasteiger partial charge in [0.15, 0.2) is 0 Å². The Morgan fingerprint density at radius 3 is 2.39 bits per heavy atom. The summed E-state index contributed by atoms with van der Waals surface area (Å²) in [5.74, 6) is 0.156. The van der Waals surface area contributed by atoms with E-state index in [9.17, 15) is 4.79 Å². The number of allylic oxidation sites excluding steroid dienone is 2. The molecule has 0 aliphatic rings. The van der Waals surface area contributed by atoms with Crippen molar-refractivity contribution in [1.82, 2.24) is 0 Å². The lowest BCUT2D eigenvalue weighted by Gasteiger charge is -2.08. The van der Waals surface area contributed by atoms with Gasteiger partial charge in [-0.15, -0.1) is 0 Å². The number of carbonyl (C=O) groups excluding carboxylic acids is 1. The van der Waals surface area contributed by atoms with Crippen LogP contribution in [0.2, 0.25) is 0 Å². The van der Waals surface area contributed by atoms with Crippen LogP contribution in [0.15, 0.2) is 40.1 Å². The van der Waals surface area contributed by atoms with E-state index in [1.807, 2.05) is 19.9 Å². The molecule has 0 saturated carbocycles. The van der Waals surface area contributed by atoms with Gasteiger partial charge in [-0.3, -0.25) is 4.79 Å². The molecule has 0 N–H and O–H groups in total. The van der Waals surface area contributed by atoms with Crippen LogP contribution in [-0.4, -0.2) is 12.4 Å². The zero-order valence-corrected chi connectivity index (χ0v) is 12.0. The standard InChI is InChI=1S/C14H14BrNO2/c1-3-13(18-4-2)12(9-16)14(17)10-5-7-11(15)8-6-10/h5-8H,3-4H2,1-2H3/b13-12+. The van der Waals surface area contributed by atoms with Crippen LogP contribution in [0.1, 0.15) is 30.6 Å². The minimum Gasteiger partial charge on any atom is -0.497 e. The van der Waals surface area contributed by atoms with Crippen molar-refractivity contribution in [2.45, 2.75) is 20.3 Å². The minimum atomic E-state index is -0.296. The number of hydrogen-bond acceptors (Lipinski definition) is 3. The van der Waals surface area contributed by atoms with Gasteiger partial charge in [0.1, 0.15) is 17.4 Å². The number of nitriles is 1. The summed E-state index contributed by atoms with van der Waals surface area (Å²) in [4.78, 5) is 12.2. The van der Waals surface area contributed by atoms with E-state index in [-0.39, 0.29) is 11.4 Å².